The fourth-order valence-electron chi connectivity index (χ4n) is 4.51. The van der Waals surface area contributed by atoms with E-state index in [0.29, 0.717) is 17.9 Å². The predicted octanol–water partition coefficient (Wildman–Crippen LogP) is 1.21. The van der Waals surface area contributed by atoms with Crippen molar-refractivity contribution in [3.63, 3.8) is 0 Å². The van der Waals surface area contributed by atoms with Gasteiger partial charge in [-0.05, 0) is 50.3 Å². The zero-order valence-corrected chi connectivity index (χ0v) is 23.7. The van der Waals surface area contributed by atoms with Crippen LogP contribution in [0.2, 0.25) is 0 Å². The Morgan fingerprint density at radius 2 is 1.84 bits per heavy atom. The highest BCUT2D eigenvalue weighted by molar-refractivity contribution is 7.89. The molecule has 2 aliphatic rings. The number of sulfonamides is 1. The van der Waals surface area contributed by atoms with Crippen LogP contribution in [0, 0.1) is 11.8 Å². The summed E-state index contributed by atoms with van der Waals surface area (Å²) in [6.45, 7) is 9.97. The minimum absolute atomic E-state index is 0.00919. The first-order chi connectivity index (χ1) is 17.9. The molecule has 1 unspecified atom stereocenters. The fourth-order valence-corrected chi connectivity index (χ4v) is 6.14. The molecule has 2 heterocycles. The van der Waals surface area contributed by atoms with Crippen LogP contribution in [0.25, 0.3) is 0 Å². The maximum absolute atomic E-state index is 13.5. The number of rotatable bonds is 13. The lowest BCUT2D eigenvalue weighted by Crippen LogP contribution is -2.57. The third-order valence-corrected chi connectivity index (χ3v) is 8.89. The summed E-state index contributed by atoms with van der Waals surface area (Å²) in [5, 5.41) is 19.8. The lowest BCUT2D eigenvalue weighted by molar-refractivity contribution is -0.131. The molecule has 0 aliphatic carbocycles. The van der Waals surface area contributed by atoms with Crippen LogP contribution in [-0.2, 0) is 19.6 Å². The number of amides is 2. The molecule has 38 heavy (non-hydrogen) atoms. The number of ether oxygens (including phenoxy) is 2. The molecule has 1 fully saturated rings. The van der Waals surface area contributed by atoms with Crippen molar-refractivity contribution in [1.82, 2.24) is 20.3 Å². The molecule has 0 radical (unpaired) electrons. The number of hydrogen-bond acceptors (Lipinski definition) is 8. The number of hydrogen-bond donors (Lipinski definition) is 4. The third-order valence-electron chi connectivity index (χ3n) is 7.06. The van der Waals surface area contributed by atoms with E-state index < -0.39 is 34.1 Å². The molecule has 0 saturated carbocycles. The van der Waals surface area contributed by atoms with Crippen molar-refractivity contribution >= 4 is 21.8 Å². The molecule has 3 rings (SSSR count). The molecule has 0 bridgehead atoms. The molecule has 4 N–H and O–H groups in total. The lowest BCUT2D eigenvalue weighted by atomic mass is 9.97. The Morgan fingerprint density at radius 1 is 1.13 bits per heavy atom. The van der Waals surface area contributed by atoms with Crippen LogP contribution in [0.4, 0.5) is 0 Å². The Hall–Kier alpha value is -2.41. The molecule has 2 amide bonds. The van der Waals surface area contributed by atoms with Gasteiger partial charge in [0.2, 0.25) is 28.6 Å². The number of nitrogens with zero attached hydrogens (tertiary/aromatic N) is 1. The van der Waals surface area contributed by atoms with E-state index in [2.05, 4.69) is 16.0 Å². The first-order valence-corrected chi connectivity index (χ1v) is 14.8. The number of nitrogens with one attached hydrogen (secondary N) is 3. The first kappa shape index (κ1) is 30.1. The predicted molar refractivity (Wildman–Crippen MR) is 142 cm³/mol. The molecule has 1 aromatic carbocycles. The van der Waals surface area contributed by atoms with Gasteiger partial charge in [0, 0.05) is 19.2 Å². The number of aliphatic hydroxyl groups excluding tert-OH is 1. The normalized spacial score (nSPS) is 20.3. The van der Waals surface area contributed by atoms with Gasteiger partial charge in [-0.25, -0.2) is 8.42 Å². The number of benzene rings is 1. The molecule has 1 saturated heterocycles. The quantitative estimate of drug-likeness (QED) is 0.285. The zero-order valence-electron chi connectivity index (χ0n) is 22.9. The van der Waals surface area contributed by atoms with E-state index in [1.165, 1.54) is 16.4 Å². The lowest BCUT2D eigenvalue weighted by Gasteiger charge is -2.31. The van der Waals surface area contributed by atoms with Gasteiger partial charge in [-0.3, -0.25) is 9.59 Å². The summed E-state index contributed by atoms with van der Waals surface area (Å²) in [6, 6.07) is 2.56. The van der Waals surface area contributed by atoms with E-state index in [-0.39, 0.29) is 48.6 Å². The summed E-state index contributed by atoms with van der Waals surface area (Å²) in [6.07, 6.45) is 1.11. The number of carbonyl (C=O) groups is 2. The molecular formula is C26H42N4O7S. The van der Waals surface area contributed by atoms with Crippen molar-refractivity contribution in [1.29, 1.82) is 0 Å². The molecule has 2 aliphatic heterocycles. The van der Waals surface area contributed by atoms with Gasteiger partial charge in [0.25, 0.3) is 0 Å². The van der Waals surface area contributed by atoms with Gasteiger partial charge in [-0.2, -0.15) is 4.31 Å². The van der Waals surface area contributed by atoms with Crippen LogP contribution < -0.4 is 25.4 Å². The van der Waals surface area contributed by atoms with Crippen molar-refractivity contribution in [2.24, 2.45) is 11.8 Å². The summed E-state index contributed by atoms with van der Waals surface area (Å²) >= 11 is 0. The highest BCUT2D eigenvalue weighted by atomic mass is 32.2. The maximum Gasteiger partial charge on any atom is 0.243 e. The first-order valence-electron chi connectivity index (χ1n) is 13.4. The SMILES string of the molecule is CCC(C)[C@H](NC(=O)[C@@H]1CCCN1)C(=O)N[C@@H](C)[C@H](O)CN(CC(C)C)S(=O)(=O)c1ccc2c(c1)OCO2. The smallest absolute Gasteiger partial charge is 0.243 e. The van der Waals surface area contributed by atoms with E-state index in [0.717, 1.165) is 19.4 Å². The highest BCUT2D eigenvalue weighted by Crippen LogP contribution is 2.34. The molecule has 12 heteroatoms. The molecule has 5 atom stereocenters. The van der Waals surface area contributed by atoms with Crippen LogP contribution in [0.15, 0.2) is 23.1 Å². The van der Waals surface area contributed by atoms with Crippen molar-refractivity contribution < 1.29 is 32.6 Å². The Labute approximate surface area is 225 Å². The van der Waals surface area contributed by atoms with Crippen molar-refractivity contribution in [2.45, 2.75) is 83.0 Å². The second kappa shape index (κ2) is 13.1. The van der Waals surface area contributed by atoms with Gasteiger partial charge >= 0.3 is 0 Å². The minimum Gasteiger partial charge on any atom is -0.454 e. The molecule has 11 nitrogen and oxygen atoms in total. The van der Waals surface area contributed by atoms with Gasteiger partial charge in [0.05, 0.1) is 23.1 Å². The van der Waals surface area contributed by atoms with Gasteiger partial charge in [0.1, 0.15) is 6.04 Å². The Kier molecular flexibility index (Phi) is 10.4. The van der Waals surface area contributed by atoms with Crippen LogP contribution >= 0.6 is 0 Å². The Balaban J connectivity index is 1.69. The van der Waals surface area contributed by atoms with E-state index >= 15 is 0 Å². The molecule has 214 valence electrons. The van der Waals surface area contributed by atoms with Crippen LogP contribution in [0.5, 0.6) is 11.5 Å². The average molecular weight is 555 g/mol. The second-order valence-electron chi connectivity index (χ2n) is 10.6. The summed E-state index contributed by atoms with van der Waals surface area (Å²) in [7, 11) is -3.97. The minimum atomic E-state index is -3.97. The van der Waals surface area contributed by atoms with E-state index in [4.69, 9.17) is 9.47 Å². The van der Waals surface area contributed by atoms with E-state index in [1.807, 2.05) is 27.7 Å². The molecule has 0 spiro atoms. The molecular weight excluding hydrogens is 512 g/mol. The topological polar surface area (TPSA) is 146 Å². The van der Waals surface area contributed by atoms with Gasteiger partial charge in [0.15, 0.2) is 11.5 Å². The summed E-state index contributed by atoms with van der Waals surface area (Å²) in [5.41, 5.74) is 0. The monoisotopic (exact) mass is 554 g/mol. The summed E-state index contributed by atoms with van der Waals surface area (Å²) < 4.78 is 38.9. The van der Waals surface area contributed by atoms with Gasteiger partial charge in [-0.1, -0.05) is 34.1 Å². The van der Waals surface area contributed by atoms with E-state index in [9.17, 15) is 23.1 Å². The van der Waals surface area contributed by atoms with E-state index in [1.54, 1.807) is 13.0 Å². The Bertz CT molecular complexity index is 1080. The van der Waals surface area contributed by atoms with Gasteiger partial charge in [-0.15, -0.1) is 0 Å². The third kappa shape index (κ3) is 7.37. The number of carbonyl (C=O) groups excluding carboxylic acids is 2. The largest absolute Gasteiger partial charge is 0.454 e. The maximum atomic E-state index is 13.5. The summed E-state index contributed by atoms with van der Waals surface area (Å²) in [5.74, 6) is 0.0593. The Morgan fingerprint density at radius 3 is 2.47 bits per heavy atom. The molecule has 1 aromatic rings. The second-order valence-corrected chi connectivity index (χ2v) is 12.6. The van der Waals surface area contributed by atoms with Crippen LogP contribution in [0.1, 0.15) is 53.9 Å². The van der Waals surface area contributed by atoms with Crippen molar-refractivity contribution in [3.8, 4) is 11.5 Å². The standard InChI is InChI=1S/C26H42N4O7S/c1-6-17(4)24(29-25(32)20-8-7-11-27-20)26(33)28-18(5)21(31)14-30(13-16(2)3)38(34,35)19-9-10-22-23(12-19)37-15-36-22/h9-10,12,16-18,20-21,24,27,31H,6-8,11,13-15H2,1-5H3,(H,28,33)(H,29,32)/t17?,18-,20-,21+,24-/m0/s1. The summed E-state index contributed by atoms with van der Waals surface area (Å²) in [4.78, 5) is 25.9. The fraction of sp³-hybridized carbons (Fsp3) is 0.692. The van der Waals surface area contributed by atoms with Gasteiger partial charge < -0.3 is 30.5 Å². The van der Waals surface area contributed by atoms with Crippen molar-refractivity contribution in [3.05, 3.63) is 18.2 Å². The molecule has 0 aromatic heterocycles. The zero-order chi connectivity index (χ0) is 28.0. The number of aliphatic hydroxyl groups is 1. The average Bonchev–Trinajstić information content (AvgIpc) is 3.57. The van der Waals surface area contributed by atoms with Crippen LogP contribution in [0.3, 0.4) is 0 Å². The highest BCUT2D eigenvalue weighted by Gasteiger charge is 2.34. The van der Waals surface area contributed by atoms with Crippen molar-refractivity contribution in [2.75, 3.05) is 26.4 Å². The van der Waals surface area contributed by atoms with Crippen LogP contribution in [-0.4, -0.2) is 80.3 Å². The number of fused-ring (bicyclic) bond motifs is 1.